The molecule has 2 saturated heterocycles. The Balaban J connectivity index is 1.92. The van der Waals surface area contributed by atoms with E-state index >= 15 is 0 Å². The number of rotatable bonds is 7. The smallest absolute Gasteiger partial charge is 0.248 e. The number of ether oxygens (including phenoxy) is 1. The van der Waals surface area contributed by atoms with E-state index in [1.54, 1.807) is 0 Å². The molecule has 0 aromatic heterocycles. The highest BCUT2D eigenvalue weighted by molar-refractivity contribution is 5.79. The molecular formula is C18H31N3O4. The molecule has 142 valence electrons. The second-order valence-electron chi connectivity index (χ2n) is 7.88. The Morgan fingerprint density at radius 3 is 2.68 bits per heavy atom. The van der Waals surface area contributed by atoms with Crippen LogP contribution in [0.5, 0.6) is 0 Å². The molecule has 0 saturated carbocycles. The van der Waals surface area contributed by atoms with Crippen LogP contribution in [0, 0.1) is 11.3 Å². The van der Waals surface area contributed by atoms with Gasteiger partial charge in [-0.05, 0) is 31.6 Å². The lowest BCUT2D eigenvalue weighted by atomic mass is 9.73. The number of nitrogens with zero attached hydrogens (tertiary/aromatic N) is 2. The van der Waals surface area contributed by atoms with Crippen LogP contribution in [-0.4, -0.2) is 66.9 Å². The molecule has 0 bridgehead atoms. The molecule has 1 atom stereocenters. The first-order chi connectivity index (χ1) is 11.8. The number of hydrogen-bond donors (Lipinski definition) is 1. The van der Waals surface area contributed by atoms with Gasteiger partial charge in [-0.3, -0.25) is 14.4 Å². The van der Waals surface area contributed by atoms with Crippen molar-refractivity contribution in [3.05, 3.63) is 0 Å². The minimum atomic E-state index is -0.575. The molecule has 0 aromatic rings. The Morgan fingerprint density at radius 1 is 1.24 bits per heavy atom. The first kappa shape index (κ1) is 19.7. The zero-order valence-electron chi connectivity index (χ0n) is 15.5. The van der Waals surface area contributed by atoms with Crippen molar-refractivity contribution < 1.29 is 19.1 Å². The zero-order valence-corrected chi connectivity index (χ0v) is 15.5. The molecule has 2 fully saturated rings. The highest BCUT2D eigenvalue weighted by atomic mass is 16.5. The minimum Gasteiger partial charge on any atom is -0.368 e. The lowest BCUT2D eigenvalue weighted by Gasteiger charge is -2.48. The third-order valence-electron chi connectivity index (χ3n) is 5.21. The maximum Gasteiger partial charge on any atom is 0.248 e. The topological polar surface area (TPSA) is 92.9 Å². The predicted octanol–water partition coefficient (Wildman–Crippen LogP) is 0.766. The molecule has 0 radical (unpaired) electrons. The van der Waals surface area contributed by atoms with Crippen LogP contribution in [0.1, 0.15) is 46.0 Å². The van der Waals surface area contributed by atoms with Crippen LogP contribution in [0.4, 0.5) is 0 Å². The molecule has 3 amide bonds. The van der Waals surface area contributed by atoms with Crippen LogP contribution in [0.25, 0.3) is 0 Å². The fraction of sp³-hybridized carbons (Fsp3) is 0.833. The van der Waals surface area contributed by atoms with Crippen molar-refractivity contribution in [2.45, 2.75) is 46.0 Å². The molecule has 2 aliphatic heterocycles. The zero-order chi connectivity index (χ0) is 18.4. The van der Waals surface area contributed by atoms with Gasteiger partial charge in [0.25, 0.3) is 0 Å². The predicted molar refractivity (Wildman–Crippen MR) is 93.5 cm³/mol. The summed E-state index contributed by atoms with van der Waals surface area (Å²) in [5, 5.41) is 0. The Kier molecular flexibility index (Phi) is 6.81. The van der Waals surface area contributed by atoms with E-state index in [-0.39, 0.29) is 30.4 Å². The number of likely N-dealkylation sites (tertiary alicyclic amines) is 2. The van der Waals surface area contributed by atoms with Gasteiger partial charge in [0.05, 0.1) is 0 Å². The van der Waals surface area contributed by atoms with Crippen LogP contribution in [0.2, 0.25) is 0 Å². The molecule has 0 aliphatic carbocycles. The standard InChI is InChI=1S/C18H31N3O4/c1-14(2)5-9-21-13-18(7-4-16(21)23)6-3-8-20(12-18)17(24)11-25-10-15(19)22/h14H,3-13H2,1-2H3,(H2,19,22). The Hall–Kier alpha value is -1.63. The van der Waals surface area contributed by atoms with E-state index in [2.05, 4.69) is 13.8 Å². The number of hydrogen-bond acceptors (Lipinski definition) is 4. The summed E-state index contributed by atoms with van der Waals surface area (Å²) in [6.07, 6.45) is 4.40. The van der Waals surface area contributed by atoms with Crippen molar-refractivity contribution in [3.63, 3.8) is 0 Å². The number of piperidine rings is 2. The molecule has 1 spiro atoms. The Morgan fingerprint density at radius 2 is 2.00 bits per heavy atom. The largest absolute Gasteiger partial charge is 0.368 e. The summed E-state index contributed by atoms with van der Waals surface area (Å²) in [4.78, 5) is 39.1. The lowest BCUT2D eigenvalue weighted by molar-refractivity contribution is -0.145. The van der Waals surface area contributed by atoms with Crippen LogP contribution in [0.15, 0.2) is 0 Å². The van der Waals surface area contributed by atoms with Gasteiger partial charge in [-0.15, -0.1) is 0 Å². The lowest BCUT2D eigenvalue weighted by Crippen LogP contribution is -2.55. The average molecular weight is 353 g/mol. The van der Waals surface area contributed by atoms with E-state index in [1.165, 1.54) is 0 Å². The van der Waals surface area contributed by atoms with Crippen molar-refractivity contribution in [2.24, 2.45) is 17.1 Å². The van der Waals surface area contributed by atoms with Crippen molar-refractivity contribution >= 4 is 17.7 Å². The van der Waals surface area contributed by atoms with Crippen LogP contribution in [-0.2, 0) is 19.1 Å². The highest BCUT2D eigenvalue weighted by Gasteiger charge is 2.42. The van der Waals surface area contributed by atoms with Crippen LogP contribution < -0.4 is 5.73 Å². The summed E-state index contributed by atoms with van der Waals surface area (Å²) in [5.41, 5.74) is 5.02. The minimum absolute atomic E-state index is 0.00247. The van der Waals surface area contributed by atoms with Gasteiger partial charge in [0.15, 0.2) is 0 Å². The van der Waals surface area contributed by atoms with Gasteiger partial charge in [-0.2, -0.15) is 0 Å². The number of nitrogens with two attached hydrogens (primary N) is 1. The first-order valence-corrected chi connectivity index (χ1v) is 9.23. The van der Waals surface area contributed by atoms with E-state index < -0.39 is 5.91 Å². The van der Waals surface area contributed by atoms with Gasteiger partial charge in [0.1, 0.15) is 13.2 Å². The van der Waals surface area contributed by atoms with E-state index in [9.17, 15) is 14.4 Å². The maximum atomic E-state index is 12.3. The number of carbonyl (C=O) groups is 3. The monoisotopic (exact) mass is 353 g/mol. The molecular weight excluding hydrogens is 322 g/mol. The summed E-state index contributed by atoms with van der Waals surface area (Å²) in [6, 6.07) is 0. The summed E-state index contributed by atoms with van der Waals surface area (Å²) < 4.78 is 5.06. The SMILES string of the molecule is CC(C)CCN1CC2(CCCN(C(=O)COCC(N)=O)C2)CCC1=O. The summed E-state index contributed by atoms with van der Waals surface area (Å²) in [5.74, 6) is 0.123. The summed E-state index contributed by atoms with van der Waals surface area (Å²) in [7, 11) is 0. The molecule has 1 unspecified atom stereocenters. The van der Waals surface area contributed by atoms with Crippen LogP contribution in [0.3, 0.4) is 0 Å². The van der Waals surface area contributed by atoms with Crippen molar-refractivity contribution in [2.75, 3.05) is 39.4 Å². The number of amides is 3. The molecule has 2 aliphatic rings. The van der Waals surface area contributed by atoms with Gasteiger partial charge in [-0.1, -0.05) is 13.8 Å². The Bertz CT molecular complexity index is 509. The van der Waals surface area contributed by atoms with Crippen molar-refractivity contribution in [1.29, 1.82) is 0 Å². The van der Waals surface area contributed by atoms with Crippen molar-refractivity contribution in [1.82, 2.24) is 9.80 Å². The van der Waals surface area contributed by atoms with Gasteiger partial charge in [0, 0.05) is 38.0 Å². The van der Waals surface area contributed by atoms with Gasteiger partial charge in [-0.25, -0.2) is 0 Å². The van der Waals surface area contributed by atoms with E-state index in [0.717, 1.165) is 38.8 Å². The second-order valence-corrected chi connectivity index (χ2v) is 7.88. The number of carbonyl (C=O) groups excluding carboxylic acids is 3. The van der Waals surface area contributed by atoms with E-state index in [4.69, 9.17) is 10.5 Å². The molecule has 2 rings (SSSR count). The van der Waals surface area contributed by atoms with Gasteiger partial charge >= 0.3 is 0 Å². The molecule has 2 N–H and O–H groups in total. The fourth-order valence-corrected chi connectivity index (χ4v) is 3.80. The van der Waals surface area contributed by atoms with E-state index in [1.807, 2.05) is 9.80 Å². The third-order valence-corrected chi connectivity index (χ3v) is 5.21. The van der Waals surface area contributed by atoms with Crippen molar-refractivity contribution in [3.8, 4) is 0 Å². The average Bonchev–Trinajstić information content (AvgIpc) is 2.55. The Labute approximate surface area is 149 Å². The molecule has 2 heterocycles. The van der Waals surface area contributed by atoms with Crippen LogP contribution >= 0.6 is 0 Å². The normalized spacial score (nSPS) is 24.2. The fourth-order valence-electron chi connectivity index (χ4n) is 3.80. The first-order valence-electron chi connectivity index (χ1n) is 9.23. The number of primary amides is 1. The molecule has 7 nitrogen and oxygen atoms in total. The molecule has 25 heavy (non-hydrogen) atoms. The van der Waals surface area contributed by atoms with E-state index in [0.29, 0.717) is 25.4 Å². The third kappa shape index (κ3) is 5.70. The second kappa shape index (κ2) is 8.65. The summed E-state index contributed by atoms with van der Waals surface area (Å²) in [6.45, 7) is 6.89. The van der Waals surface area contributed by atoms with Gasteiger partial charge < -0.3 is 20.3 Å². The maximum absolute atomic E-state index is 12.3. The quantitative estimate of drug-likeness (QED) is 0.731. The highest BCUT2D eigenvalue weighted by Crippen LogP contribution is 2.39. The molecule has 7 heteroatoms. The molecule has 0 aromatic carbocycles. The van der Waals surface area contributed by atoms with Gasteiger partial charge in [0.2, 0.25) is 17.7 Å². The summed E-state index contributed by atoms with van der Waals surface area (Å²) >= 11 is 0.